The van der Waals surface area contributed by atoms with Crippen LogP contribution in [0.15, 0.2) is 30.5 Å². The third-order valence-corrected chi connectivity index (χ3v) is 3.62. The van der Waals surface area contributed by atoms with E-state index < -0.39 is 0 Å². The quantitative estimate of drug-likeness (QED) is 0.536. The first kappa shape index (κ1) is 14.9. The molecule has 108 valence electrons. The van der Waals surface area contributed by atoms with Gasteiger partial charge in [-0.3, -0.25) is 8.88 Å². The Bertz CT molecular complexity index is 577. The van der Waals surface area contributed by atoms with Crippen molar-refractivity contribution in [1.29, 1.82) is 0 Å². The van der Waals surface area contributed by atoms with Crippen LogP contribution in [-0.2, 0) is 4.79 Å². The average Bonchev–Trinajstić information content (AvgIpc) is 2.76. The van der Waals surface area contributed by atoms with E-state index in [1.807, 2.05) is 24.3 Å². The summed E-state index contributed by atoms with van der Waals surface area (Å²) in [5.41, 5.74) is 0.847. The van der Waals surface area contributed by atoms with Crippen molar-refractivity contribution >= 4 is 28.6 Å². The lowest BCUT2D eigenvalue weighted by Crippen LogP contribution is -2.07. The van der Waals surface area contributed by atoms with Crippen LogP contribution in [-0.4, -0.2) is 10.1 Å². The number of carbonyl (C=O) groups is 1. The molecule has 0 amide bonds. The number of hydrogen-bond donors (Lipinski definition) is 0. The van der Waals surface area contributed by atoms with E-state index in [2.05, 4.69) is 6.92 Å². The van der Waals surface area contributed by atoms with E-state index in [1.54, 1.807) is 6.20 Å². The van der Waals surface area contributed by atoms with Gasteiger partial charge in [-0.2, -0.15) is 0 Å². The fourth-order valence-corrected chi connectivity index (χ4v) is 2.47. The highest BCUT2D eigenvalue weighted by molar-refractivity contribution is 6.19. The van der Waals surface area contributed by atoms with Crippen LogP contribution in [0.3, 0.4) is 0 Å². The minimum atomic E-state index is -0.186. The lowest BCUT2D eigenvalue weighted by atomic mass is 10.1. The Morgan fingerprint density at radius 2 is 1.95 bits per heavy atom. The third kappa shape index (κ3) is 3.76. The SMILES string of the molecule is CCCCCCCC(=O)Oc1cn(Cl)c2ccccc12. The molecule has 1 heterocycles. The van der Waals surface area contributed by atoms with E-state index in [0.717, 1.165) is 23.7 Å². The summed E-state index contributed by atoms with van der Waals surface area (Å²) in [5, 5.41) is 0.863. The summed E-state index contributed by atoms with van der Waals surface area (Å²) < 4.78 is 6.87. The van der Waals surface area contributed by atoms with Crippen LogP contribution < -0.4 is 4.74 Å². The number of halogens is 1. The molecule has 2 rings (SSSR count). The number of carbonyl (C=O) groups excluding carboxylic acids is 1. The van der Waals surface area contributed by atoms with Gasteiger partial charge in [-0.05, 0) is 18.6 Å². The van der Waals surface area contributed by atoms with E-state index in [-0.39, 0.29) is 5.97 Å². The maximum atomic E-state index is 11.8. The molecule has 3 nitrogen and oxygen atoms in total. The van der Waals surface area contributed by atoms with Gasteiger partial charge < -0.3 is 4.74 Å². The average molecular weight is 294 g/mol. The molecular weight excluding hydrogens is 274 g/mol. The third-order valence-electron chi connectivity index (χ3n) is 3.34. The molecule has 0 saturated heterocycles. The molecular formula is C16H20ClNO2. The fraction of sp³-hybridized carbons (Fsp3) is 0.438. The van der Waals surface area contributed by atoms with Crippen molar-refractivity contribution in [3.05, 3.63) is 30.5 Å². The molecule has 1 aromatic carbocycles. The zero-order valence-electron chi connectivity index (χ0n) is 11.8. The van der Waals surface area contributed by atoms with Gasteiger partial charge in [0.05, 0.1) is 11.7 Å². The van der Waals surface area contributed by atoms with Gasteiger partial charge in [0.25, 0.3) is 0 Å². The summed E-state index contributed by atoms with van der Waals surface area (Å²) in [6.45, 7) is 2.18. The van der Waals surface area contributed by atoms with Crippen molar-refractivity contribution in [1.82, 2.24) is 4.09 Å². The molecule has 0 aliphatic carbocycles. The highest BCUT2D eigenvalue weighted by Crippen LogP contribution is 2.29. The minimum absolute atomic E-state index is 0.186. The molecule has 0 radical (unpaired) electrons. The second-order valence-corrected chi connectivity index (χ2v) is 5.32. The molecule has 0 saturated carbocycles. The molecule has 0 aliphatic heterocycles. The van der Waals surface area contributed by atoms with Gasteiger partial charge in [-0.15, -0.1) is 0 Å². The smallest absolute Gasteiger partial charge is 0.311 e. The van der Waals surface area contributed by atoms with Crippen molar-refractivity contribution in [2.75, 3.05) is 0 Å². The molecule has 0 N–H and O–H groups in total. The van der Waals surface area contributed by atoms with Crippen LogP contribution in [0.1, 0.15) is 45.4 Å². The maximum absolute atomic E-state index is 11.8. The van der Waals surface area contributed by atoms with Crippen LogP contribution in [0.2, 0.25) is 0 Å². The second-order valence-electron chi connectivity index (χ2n) is 4.96. The van der Waals surface area contributed by atoms with Crippen molar-refractivity contribution in [2.45, 2.75) is 45.4 Å². The lowest BCUT2D eigenvalue weighted by molar-refractivity contribution is -0.134. The Morgan fingerprint density at radius 3 is 2.75 bits per heavy atom. The zero-order valence-corrected chi connectivity index (χ0v) is 12.5. The van der Waals surface area contributed by atoms with Gasteiger partial charge in [0.15, 0.2) is 5.75 Å². The number of nitrogens with zero attached hydrogens (tertiary/aromatic N) is 1. The van der Waals surface area contributed by atoms with Crippen molar-refractivity contribution < 1.29 is 9.53 Å². The molecule has 0 aliphatic rings. The van der Waals surface area contributed by atoms with Crippen LogP contribution in [0, 0.1) is 0 Å². The Hall–Kier alpha value is -1.48. The van der Waals surface area contributed by atoms with E-state index >= 15 is 0 Å². The lowest BCUT2D eigenvalue weighted by Gasteiger charge is -2.02. The standard InChI is InChI=1S/C16H20ClNO2/c1-2-3-4-5-6-11-16(19)20-15-12-18(17)14-10-8-7-9-13(14)15/h7-10,12H,2-6,11H2,1H3. The van der Waals surface area contributed by atoms with E-state index in [9.17, 15) is 4.79 Å². The number of rotatable bonds is 7. The Kier molecular flexibility index (Phi) is 5.48. The van der Waals surface area contributed by atoms with E-state index in [4.69, 9.17) is 16.5 Å². The highest BCUT2D eigenvalue weighted by atomic mass is 35.5. The van der Waals surface area contributed by atoms with E-state index in [0.29, 0.717) is 12.2 Å². The topological polar surface area (TPSA) is 31.2 Å². The molecule has 4 heteroatoms. The van der Waals surface area contributed by atoms with E-state index in [1.165, 1.54) is 23.3 Å². The van der Waals surface area contributed by atoms with Gasteiger partial charge in [-0.1, -0.05) is 44.7 Å². The summed E-state index contributed by atoms with van der Waals surface area (Å²) in [4.78, 5) is 11.8. The fourth-order valence-electron chi connectivity index (χ4n) is 2.24. The molecule has 0 fully saturated rings. The number of aromatic nitrogens is 1. The van der Waals surface area contributed by atoms with Crippen LogP contribution in [0.25, 0.3) is 10.9 Å². The number of hydrogen-bond acceptors (Lipinski definition) is 2. The number of unbranched alkanes of at least 4 members (excludes halogenated alkanes) is 4. The molecule has 0 atom stereocenters. The van der Waals surface area contributed by atoms with Crippen LogP contribution in [0.5, 0.6) is 5.75 Å². The summed E-state index contributed by atoms with van der Waals surface area (Å²) in [5.74, 6) is 0.351. The van der Waals surface area contributed by atoms with Gasteiger partial charge in [0.2, 0.25) is 0 Å². The number of ether oxygens (including phenoxy) is 1. The Labute approximate surface area is 124 Å². The Balaban J connectivity index is 1.90. The van der Waals surface area contributed by atoms with Gasteiger partial charge in [0, 0.05) is 23.6 Å². The van der Waals surface area contributed by atoms with Crippen molar-refractivity contribution in [3.63, 3.8) is 0 Å². The normalized spacial score (nSPS) is 10.9. The number of benzene rings is 1. The number of esters is 1. The Morgan fingerprint density at radius 1 is 1.20 bits per heavy atom. The van der Waals surface area contributed by atoms with Gasteiger partial charge in [0.1, 0.15) is 0 Å². The first-order valence-corrected chi connectivity index (χ1v) is 7.53. The van der Waals surface area contributed by atoms with Crippen molar-refractivity contribution in [2.24, 2.45) is 0 Å². The molecule has 20 heavy (non-hydrogen) atoms. The molecule has 0 spiro atoms. The minimum Gasteiger partial charge on any atom is -0.424 e. The predicted molar refractivity (Wildman–Crippen MR) is 82.2 cm³/mol. The number of fused-ring (bicyclic) bond motifs is 1. The molecule has 0 unspecified atom stereocenters. The summed E-state index contributed by atoms with van der Waals surface area (Å²) in [6.07, 6.45) is 7.70. The predicted octanol–water partition coefficient (Wildman–Crippen LogP) is 4.91. The molecule has 2 aromatic rings. The first-order chi connectivity index (χ1) is 9.72. The molecule has 1 aromatic heterocycles. The second kappa shape index (κ2) is 7.34. The zero-order chi connectivity index (χ0) is 14.4. The highest BCUT2D eigenvalue weighted by Gasteiger charge is 2.11. The van der Waals surface area contributed by atoms with Crippen molar-refractivity contribution in [3.8, 4) is 5.75 Å². The van der Waals surface area contributed by atoms with Gasteiger partial charge >= 0.3 is 5.97 Å². The van der Waals surface area contributed by atoms with Crippen LogP contribution >= 0.6 is 11.8 Å². The van der Waals surface area contributed by atoms with Crippen LogP contribution in [0.4, 0.5) is 0 Å². The largest absolute Gasteiger partial charge is 0.424 e. The number of para-hydroxylation sites is 1. The summed E-state index contributed by atoms with van der Waals surface area (Å²) in [7, 11) is 0. The monoisotopic (exact) mass is 293 g/mol. The molecule has 0 bridgehead atoms. The first-order valence-electron chi connectivity index (χ1n) is 7.19. The maximum Gasteiger partial charge on any atom is 0.311 e. The van der Waals surface area contributed by atoms with Gasteiger partial charge in [-0.25, -0.2) is 0 Å². The summed E-state index contributed by atoms with van der Waals surface area (Å²) in [6, 6.07) is 7.60. The summed E-state index contributed by atoms with van der Waals surface area (Å²) >= 11 is 6.05.